The third-order valence-corrected chi connectivity index (χ3v) is 13.8. The highest BCUT2D eigenvalue weighted by Gasteiger charge is 2.58. The Labute approximate surface area is 327 Å². The monoisotopic (exact) mass is 774 g/mol. The summed E-state index contributed by atoms with van der Waals surface area (Å²) in [7, 11) is 1.95. The largest absolute Gasteiger partial charge is 0.479 e. The summed E-state index contributed by atoms with van der Waals surface area (Å²) >= 11 is 0. The molecule has 6 aliphatic rings. The minimum absolute atomic E-state index is 0.0157. The van der Waals surface area contributed by atoms with Crippen molar-refractivity contribution in [3.05, 3.63) is 30.3 Å². The van der Waals surface area contributed by atoms with Crippen LogP contribution < -0.4 is 10.6 Å². The lowest BCUT2D eigenvalue weighted by atomic mass is 9.69. The Morgan fingerprint density at radius 2 is 1.82 bits per heavy atom. The fraction of sp³-hybridized carbons (Fsp3) is 0.833. The molecule has 0 spiro atoms. The van der Waals surface area contributed by atoms with Crippen LogP contribution >= 0.6 is 0 Å². The molecule has 6 rings (SSSR count). The van der Waals surface area contributed by atoms with Gasteiger partial charge in [-0.15, -0.1) is 4.99 Å². The molecule has 2 saturated heterocycles. The number of fused-ring (bicyclic) bond motifs is 1. The summed E-state index contributed by atoms with van der Waals surface area (Å²) in [4.78, 5) is 16.4. The van der Waals surface area contributed by atoms with Crippen molar-refractivity contribution in [2.24, 2.45) is 40.5 Å². The lowest BCUT2D eigenvalue weighted by molar-refractivity contribution is -0.345. The number of allylic oxidation sites excluding steroid dienone is 3. The van der Waals surface area contributed by atoms with Crippen LogP contribution in [0.4, 0.5) is 0 Å². The molecule has 12 atom stereocenters. The smallest absolute Gasteiger partial charge is 0.335 e. The van der Waals surface area contributed by atoms with Crippen LogP contribution in [0.1, 0.15) is 96.3 Å². The van der Waals surface area contributed by atoms with E-state index < -0.39 is 48.4 Å². The van der Waals surface area contributed by atoms with Crippen molar-refractivity contribution in [2.45, 2.75) is 151 Å². The van der Waals surface area contributed by atoms with Crippen LogP contribution in [0.5, 0.6) is 0 Å². The van der Waals surface area contributed by atoms with E-state index in [4.69, 9.17) is 14.2 Å². The van der Waals surface area contributed by atoms with Crippen molar-refractivity contribution in [1.82, 2.24) is 10.6 Å². The Bertz CT molecular complexity index is 1300. The van der Waals surface area contributed by atoms with Crippen molar-refractivity contribution < 1.29 is 49.6 Å². The van der Waals surface area contributed by atoms with Crippen LogP contribution in [-0.4, -0.2) is 131 Å². The Kier molecular flexibility index (Phi) is 15.7. The van der Waals surface area contributed by atoms with Gasteiger partial charge in [-0.3, -0.25) is 0 Å². The summed E-state index contributed by atoms with van der Waals surface area (Å²) in [6.45, 7) is 3.34. The number of hydrogen-bond acceptors (Lipinski definition) is 12. The third kappa shape index (κ3) is 10.8. The van der Waals surface area contributed by atoms with Gasteiger partial charge in [0.25, 0.3) is 0 Å². The highest BCUT2D eigenvalue weighted by atomic mass is 16.7. The van der Waals surface area contributed by atoms with Crippen molar-refractivity contribution >= 4 is 12.2 Å². The molecular formula is C42H68N3O10+. The van der Waals surface area contributed by atoms with Gasteiger partial charge < -0.3 is 55.5 Å². The van der Waals surface area contributed by atoms with E-state index in [-0.39, 0.29) is 36.5 Å². The first-order valence-corrected chi connectivity index (χ1v) is 21.2. The fourth-order valence-corrected chi connectivity index (χ4v) is 10.3. The number of aliphatic carboxylic acids is 1. The molecule has 3 aliphatic carbocycles. The molecule has 310 valence electrons. The number of rotatable bonds is 17. The number of ether oxygens (including phenoxy) is 3. The number of aliphatic imine (C=N–C) groups is 1. The predicted molar refractivity (Wildman–Crippen MR) is 207 cm³/mol. The van der Waals surface area contributed by atoms with Crippen molar-refractivity contribution in [3.63, 3.8) is 0 Å². The second kappa shape index (κ2) is 20.2. The summed E-state index contributed by atoms with van der Waals surface area (Å²) in [6, 6.07) is 0. The highest BCUT2D eigenvalue weighted by molar-refractivity contribution is 5.82. The third-order valence-electron chi connectivity index (χ3n) is 13.8. The second-order valence-corrected chi connectivity index (χ2v) is 17.5. The van der Waals surface area contributed by atoms with Gasteiger partial charge in [0, 0.05) is 31.2 Å². The van der Waals surface area contributed by atoms with Crippen LogP contribution in [0.15, 0.2) is 28.8 Å². The lowest BCUT2D eigenvalue weighted by Crippen LogP contribution is -2.71. The van der Waals surface area contributed by atoms with Crippen molar-refractivity contribution in [2.75, 3.05) is 33.3 Å². The number of carbonyl (C=O) groups is 1. The Hall–Kier alpha value is -1.91. The van der Waals surface area contributed by atoms with E-state index in [1.54, 1.807) is 6.54 Å². The normalized spacial score (nSPS) is 39.7. The zero-order valence-corrected chi connectivity index (χ0v) is 32.7. The number of carboxylic acids is 1. The molecule has 0 aromatic carbocycles. The Morgan fingerprint density at radius 3 is 2.53 bits per heavy atom. The van der Waals surface area contributed by atoms with E-state index in [1.807, 2.05) is 19.3 Å². The van der Waals surface area contributed by atoms with Gasteiger partial charge in [-0.2, -0.15) is 0 Å². The van der Waals surface area contributed by atoms with Crippen LogP contribution in [0.3, 0.4) is 0 Å². The first-order valence-electron chi connectivity index (χ1n) is 21.2. The molecule has 5 fully saturated rings. The maximum atomic E-state index is 12.2. The molecule has 55 heavy (non-hydrogen) atoms. The van der Waals surface area contributed by atoms with Gasteiger partial charge in [-0.05, 0) is 108 Å². The quantitative estimate of drug-likeness (QED) is 0.0795. The van der Waals surface area contributed by atoms with E-state index in [9.17, 15) is 35.4 Å². The highest BCUT2D eigenvalue weighted by Crippen LogP contribution is 2.44. The van der Waals surface area contributed by atoms with E-state index in [2.05, 4.69) is 27.8 Å². The maximum Gasteiger partial charge on any atom is 0.335 e. The minimum atomic E-state index is -2.17. The molecule has 0 radical (unpaired) electrons. The summed E-state index contributed by atoms with van der Waals surface area (Å²) in [5.41, 5.74) is -1.05. The zero-order chi connectivity index (χ0) is 39.0. The fourth-order valence-electron chi connectivity index (χ4n) is 10.3. The number of aliphatic hydroxyl groups is 5. The molecule has 13 heteroatoms. The van der Waals surface area contributed by atoms with Gasteiger partial charge in [0.2, 0.25) is 0 Å². The topological polar surface area (TPSA) is 203 Å². The summed E-state index contributed by atoms with van der Waals surface area (Å²) < 4.78 is 18.5. The summed E-state index contributed by atoms with van der Waals surface area (Å²) in [5.74, 6) is -0.143. The van der Waals surface area contributed by atoms with Gasteiger partial charge in [-0.1, -0.05) is 31.4 Å². The Morgan fingerprint density at radius 1 is 1.04 bits per heavy atom. The van der Waals surface area contributed by atoms with E-state index >= 15 is 0 Å². The molecule has 0 bridgehead atoms. The summed E-state index contributed by atoms with van der Waals surface area (Å²) in [5, 5.41) is 72.5. The second-order valence-electron chi connectivity index (χ2n) is 17.5. The molecule has 3 aliphatic heterocycles. The number of carboxylic acid groups (broad SMARTS) is 1. The van der Waals surface area contributed by atoms with Gasteiger partial charge in [0.1, 0.15) is 24.3 Å². The molecule has 5 unspecified atom stereocenters. The van der Waals surface area contributed by atoms with E-state index in [0.29, 0.717) is 50.2 Å². The number of aliphatic hydroxyl groups excluding tert-OH is 4. The maximum absolute atomic E-state index is 12.2. The number of nitrogens with one attached hydrogen (secondary N) is 2. The Balaban J connectivity index is 1.12. The molecule has 0 aromatic rings. The SMILES string of the molecule is CNCC[C@H](CC=CC1CCCCC1)[C@H](CNC[C@@]1(O)[C@H](OC2CCC3C(C2)OCC(C2CCC(O)CC2)C3O)O[C@H](C(=O)O)[C@@H](O)[C@@H]1O)CC1=C[CH+]N=C1. The molecule has 3 heterocycles. The molecule has 3 saturated carbocycles. The lowest BCUT2D eigenvalue weighted by Gasteiger charge is -2.50. The standard InChI is InChI=1S/C42H67N3O10/c1-43-18-17-28(9-5-8-26-6-3-2-4-7-26)30(20-27-16-19-44-22-27)23-45-25-42(52)39(49)37(48)38(40(50)51)55-41(42)54-32-14-15-33-35(21-32)53-24-34(36(33)47)29-10-12-31(46)13-11-29/h5,8,16,19,22,26,28-39,41,43,45-49,52H,2-4,6-7,9-15,17-18,20-21,23-25H2,1H3/p+1/t28-,29?,30-,31?,32?,33?,34?,35?,36?,37+,38-,39-,41+,42-/m0/s1. The first kappa shape index (κ1) is 42.7. The molecular weight excluding hydrogens is 706 g/mol. The molecule has 8 N–H and O–H groups in total. The number of hydrogen-bond donors (Lipinski definition) is 8. The molecule has 13 nitrogen and oxygen atoms in total. The van der Waals surface area contributed by atoms with Gasteiger partial charge in [-0.25, -0.2) is 4.79 Å². The summed E-state index contributed by atoms with van der Waals surface area (Å²) in [6.07, 6.45) is 13.7. The van der Waals surface area contributed by atoms with Crippen LogP contribution in [-0.2, 0) is 19.0 Å². The van der Waals surface area contributed by atoms with Crippen LogP contribution in [0, 0.1) is 42.1 Å². The van der Waals surface area contributed by atoms with Gasteiger partial charge in [0.15, 0.2) is 24.2 Å². The van der Waals surface area contributed by atoms with Crippen LogP contribution in [0.2, 0.25) is 0 Å². The minimum Gasteiger partial charge on any atom is -0.479 e. The van der Waals surface area contributed by atoms with Gasteiger partial charge in [0.05, 0.1) is 37.1 Å². The van der Waals surface area contributed by atoms with Crippen molar-refractivity contribution in [1.29, 1.82) is 0 Å². The molecule has 0 aromatic heterocycles. The predicted octanol–water partition coefficient (Wildman–Crippen LogP) is 2.88. The molecule has 0 amide bonds. The number of nitrogens with zero attached hydrogens (tertiary/aromatic N) is 1. The zero-order valence-electron chi connectivity index (χ0n) is 32.7. The van der Waals surface area contributed by atoms with Gasteiger partial charge >= 0.3 is 5.97 Å². The average molecular weight is 775 g/mol. The first-order chi connectivity index (χ1) is 26.6. The van der Waals surface area contributed by atoms with E-state index in [1.165, 1.54) is 32.1 Å². The van der Waals surface area contributed by atoms with Crippen LogP contribution in [0.25, 0.3) is 0 Å². The average Bonchev–Trinajstić information content (AvgIpc) is 3.70. The van der Waals surface area contributed by atoms with E-state index in [0.717, 1.165) is 57.1 Å². The van der Waals surface area contributed by atoms with Crippen molar-refractivity contribution in [3.8, 4) is 0 Å².